The summed E-state index contributed by atoms with van der Waals surface area (Å²) in [4.78, 5) is 4.03. The molecule has 3 rings (SSSR count). The van der Waals surface area contributed by atoms with Gasteiger partial charge in [-0.15, -0.1) is 0 Å². The molecule has 22 heavy (non-hydrogen) atoms. The molecule has 1 fully saturated rings. The van der Waals surface area contributed by atoms with Gasteiger partial charge in [0.2, 0.25) is 5.09 Å². The van der Waals surface area contributed by atoms with Crippen LogP contribution in [0.1, 0.15) is 31.2 Å². The molecule has 0 atom stereocenters. The van der Waals surface area contributed by atoms with Gasteiger partial charge in [-0.25, -0.2) is 13.1 Å². The highest BCUT2D eigenvalue weighted by molar-refractivity contribution is 7.89. The molecule has 2 aromatic heterocycles. The van der Waals surface area contributed by atoms with E-state index in [0.717, 1.165) is 5.56 Å². The van der Waals surface area contributed by atoms with Crippen LogP contribution in [0, 0.1) is 0 Å². The SMILES string of the molecule is O=S(=O)(NC1CCC(O)(c2cccnc2)CC1)c1ccco1. The second-order valence-corrected chi connectivity index (χ2v) is 7.25. The molecular weight excluding hydrogens is 304 g/mol. The Bertz CT molecular complexity index is 705. The number of aromatic nitrogens is 1. The fourth-order valence-electron chi connectivity index (χ4n) is 2.83. The Morgan fingerprint density at radius 2 is 2.05 bits per heavy atom. The van der Waals surface area contributed by atoms with Gasteiger partial charge in [0.25, 0.3) is 10.0 Å². The molecule has 1 saturated carbocycles. The molecule has 0 unspecified atom stereocenters. The van der Waals surface area contributed by atoms with Crippen molar-refractivity contribution >= 4 is 10.0 Å². The van der Waals surface area contributed by atoms with Crippen LogP contribution in [0.3, 0.4) is 0 Å². The van der Waals surface area contributed by atoms with Crippen LogP contribution in [0.4, 0.5) is 0 Å². The van der Waals surface area contributed by atoms with Crippen LogP contribution in [-0.2, 0) is 15.6 Å². The molecule has 0 amide bonds. The van der Waals surface area contributed by atoms with Crippen molar-refractivity contribution in [2.24, 2.45) is 0 Å². The van der Waals surface area contributed by atoms with Crippen molar-refractivity contribution in [1.82, 2.24) is 9.71 Å². The van der Waals surface area contributed by atoms with Crippen molar-refractivity contribution in [3.8, 4) is 0 Å². The Hall–Kier alpha value is -1.70. The van der Waals surface area contributed by atoms with Gasteiger partial charge < -0.3 is 9.52 Å². The van der Waals surface area contributed by atoms with Crippen molar-refractivity contribution < 1.29 is 17.9 Å². The van der Waals surface area contributed by atoms with E-state index in [2.05, 4.69) is 9.71 Å². The molecule has 0 aromatic carbocycles. The Balaban J connectivity index is 1.65. The normalized spacial score (nSPS) is 26.0. The summed E-state index contributed by atoms with van der Waals surface area (Å²) in [7, 11) is -3.63. The first-order valence-corrected chi connectivity index (χ1v) is 8.67. The Morgan fingerprint density at radius 3 is 2.64 bits per heavy atom. The quantitative estimate of drug-likeness (QED) is 0.895. The molecular formula is C15H18N2O4S. The van der Waals surface area contributed by atoms with E-state index in [4.69, 9.17) is 4.42 Å². The fraction of sp³-hybridized carbons (Fsp3) is 0.400. The van der Waals surface area contributed by atoms with E-state index in [9.17, 15) is 13.5 Å². The lowest BCUT2D eigenvalue weighted by Gasteiger charge is -2.36. The fourth-order valence-corrected chi connectivity index (χ4v) is 4.06. The van der Waals surface area contributed by atoms with Gasteiger partial charge in [-0.2, -0.15) is 0 Å². The number of rotatable bonds is 4. The van der Waals surface area contributed by atoms with E-state index in [1.54, 1.807) is 18.5 Å². The zero-order valence-electron chi connectivity index (χ0n) is 12.0. The van der Waals surface area contributed by atoms with Crippen LogP contribution in [0.2, 0.25) is 0 Å². The summed E-state index contributed by atoms with van der Waals surface area (Å²) in [5.74, 6) is 0. The third-order valence-electron chi connectivity index (χ3n) is 4.09. The Kier molecular flexibility index (Phi) is 4.03. The monoisotopic (exact) mass is 322 g/mol. The summed E-state index contributed by atoms with van der Waals surface area (Å²) >= 11 is 0. The van der Waals surface area contributed by atoms with Gasteiger partial charge >= 0.3 is 0 Å². The molecule has 1 aliphatic carbocycles. The predicted octanol–water partition coefficient (Wildman–Crippen LogP) is 1.78. The van der Waals surface area contributed by atoms with Gasteiger partial charge in [-0.05, 0) is 43.9 Å². The third-order valence-corrected chi connectivity index (χ3v) is 5.50. The van der Waals surface area contributed by atoms with E-state index in [1.807, 2.05) is 6.07 Å². The minimum Gasteiger partial charge on any atom is -0.452 e. The molecule has 118 valence electrons. The lowest BCUT2D eigenvalue weighted by atomic mass is 9.78. The lowest BCUT2D eigenvalue weighted by molar-refractivity contribution is -0.00668. The zero-order valence-corrected chi connectivity index (χ0v) is 12.8. The number of nitrogens with one attached hydrogen (secondary N) is 1. The van der Waals surface area contributed by atoms with Crippen molar-refractivity contribution in [1.29, 1.82) is 0 Å². The molecule has 0 radical (unpaired) electrons. The number of pyridine rings is 1. The van der Waals surface area contributed by atoms with Gasteiger partial charge in [0, 0.05) is 24.0 Å². The average molecular weight is 322 g/mol. The molecule has 2 aromatic rings. The van der Waals surface area contributed by atoms with Gasteiger partial charge in [-0.1, -0.05) is 6.07 Å². The van der Waals surface area contributed by atoms with Crippen molar-refractivity contribution in [3.63, 3.8) is 0 Å². The summed E-state index contributed by atoms with van der Waals surface area (Å²) in [6, 6.07) is 6.39. The number of hydrogen-bond acceptors (Lipinski definition) is 5. The van der Waals surface area contributed by atoms with Gasteiger partial charge in [-0.3, -0.25) is 4.98 Å². The maximum absolute atomic E-state index is 12.1. The van der Waals surface area contributed by atoms with Crippen LogP contribution < -0.4 is 4.72 Å². The van der Waals surface area contributed by atoms with Crippen molar-refractivity contribution in [3.05, 3.63) is 48.5 Å². The van der Waals surface area contributed by atoms with Crippen molar-refractivity contribution in [2.45, 2.75) is 42.4 Å². The van der Waals surface area contributed by atoms with E-state index in [0.29, 0.717) is 25.7 Å². The van der Waals surface area contributed by atoms with E-state index < -0.39 is 15.6 Å². The topological polar surface area (TPSA) is 92.4 Å². The summed E-state index contributed by atoms with van der Waals surface area (Å²) in [5.41, 5.74) is -0.150. The molecule has 7 heteroatoms. The van der Waals surface area contributed by atoms with Gasteiger partial charge in [0.05, 0.1) is 11.9 Å². The van der Waals surface area contributed by atoms with Crippen LogP contribution in [-0.4, -0.2) is 24.6 Å². The first-order chi connectivity index (χ1) is 10.5. The number of aliphatic hydroxyl groups is 1. The number of sulfonamides is 1. The second kappa shape index (κ2) is 5.83. The summed E-state index contributed by atoms with van der Waals surface area (Å²) < 4.78 is 31.8. The molecule has 1 aliphatic rings. The van der Waals surface area contributed by atoms with Gasteiger partial charge in [0.1, 0.15) is 0 Å². The number of nitrogens with zero attached hydrogens (tertiary/aromatic N) is 1. The van der Waals surface area contributed by atoms with Crippen LogP contribution >= 0.6 is 0 Å². The van der Waals surface area contributed by atoms with E-state index in [-0.39, 0.29) is 11.1 Å². The molecule has 0 bridgehead atoms. The number of hydrogen-bond donors (Lipinski definition) is 2. The van der Waals surface area contributed by atoms with E-state index in [1.165, 1.54) is 18.4 Å². The lowest BCUT2D eigenvalue weighted by Crippen LogP contribution is -2.42. The molecule has 0 saturated heterocycles. The summed E-state index contributed by atoms with van der Waals surface area (Å²) in [5, 5.41) is 10.6. The van der Waals surface area contributed by atoms with E-state index >= 15 is 0 Å². The largest absolute Gasteiger partial charge is 0.452 e. The minimum absolute atomic E-state index is 0.0828. The third kappa shape index (κ3) is 3.06. The van der Waals surface area contributed by atoms with Gasteiger partial charge in [0.15, 0.2) is 0 Å². The van der Waals surface area contributed by atoms with Crippen molar-refractivity contribution in [2.75, 3.05) is 0 Å². The standard InChI is InChI=1S/C15H18N2O4S/c18-15(12-3-1-9-16-11-12)7-5-13(6-8-15)17-22(19,20)14-4-2-10-21-14/h1-4,9-11,13,17-18H,5-8H2. The molecule has 2 heterocycles. The zero-order chi connectivity index (χ0) is 15.6. The first-order valence-electron chi connectivity index (χ1n) is 7.18. The average Bonchev–Trinajstić information content (AvgIpc) is 3.06. The summed E-state index contributed by atoms with van der Waals surface area (Å²) in [6.07, 6.45) is 6.75. The second-order valence-electron chi connectivity index (χ2n) is 5.60. The maximum atomic E-state index is 12.1. The van der Waals surface area contributed by atoms with Crippen LogP contribution in [0.5, 0.6) is 0 Å². The Morgan fingerprint density at radius 1 is 1.27 bits per heavy atom. The highest BCUT2D eigenvalue weighted by Gasteiger charge is 2.36. The smallest absolute Gasteiger partial charge is 0.274 e. The first kappa shape index (κ1) is 15.2. The maximum Gasteiger partial charge on any atom is 0.274 e. The molecule has 0 aliphatic heterocycles. The van der Waals surface area contributed by atoms with Crippen LogP contribution in [0.15, 0.2) is 52.4 Å². The highest BCUT2D eigenvalue weighted by Crippen LogP contribution is 2.37. The molecule has 6 nitrogen and oxygen atoms in total. The Labute approximate surface area is 129 Å². The summed E-state index contributed by atoms with van der Waals surface area (Å²) in [6.45, 7) is 0. The molecule has 2 N–H and O–H groups in total. The number of furan rings is 1. The molecule has 0 spiro atoms. The van der Waals surface area contributed by atoms with Crippen LogP contribution in [0.25, 0.3) is 0 Å². The predicted molar refractivity (Wildman–Crippen MR) is 79.4 cm³/mol. The minimum atomic E-state index is -3.63. The highest BCUT2D eigenvalue weighted by atomic mass is 32.2.